The normalized spacial score (nSPS) is 22.6. The average molecular weight is 364 g/mol. The fraction of sp³-hybridized carbons (Fsp3) is 0.684. The van der Waals surface area contributed by atoms with Gasteiger partial charge in [-0.1, -0.05) is 18.2 Å². The van der Waals surface area contributed by atoms with Crippen molar-refractivity contribution in [3.8, 4) is 5.75 Å². The Morgan fingerprint density at radius 2 is 1.52 bits per heavy atom. The molecule has 2 atom stereocenters. The van der Waals surface area contributed by atoms with E-state index >= 15 is 0 Å². The number of hydrogen-bond donors (Lipinski definition) is 0. The molecule has 0 spiro atoms. The van der Waals surface area contributed by atoms with Gasteiger partial charge in [-0.3, -0.25) is 0 Å². The summed E-state index contributed by atoms with van der Waals surface area (Å²) in [5.41, 5.74) is 1.24. The lowest BCUT2D eigenvalue weighted by molar-refractivity contribution is 0.107. The van der Waals surface area contributed by atoms with Gasteiger partial charge in [-0.25, -0.2) is 0 Å². The molecule has 25 heavy (non-hydrogen) atoms. The van der Waals surface area contributed by atoms with Gasteiger partial charge >= 0.3 is 10.5 Å². The molecule has 0 saturated carbocycles. The molecule has 2 aliphatic rings. The quantitative estimate of drug-likeness (QED) is 0.289. The van der Waals surface area contributed by atoms with Crippen LogP contribution in [0.2, 0.25) is 0 Å². The highest BCUT2D eigenvalue weighted by molar-refractivity contribution is 6.00. The molecule has 2 heterocycles. The molecule has 0 aromatic heterocycles. The molecule has 1 aromatic carbocycles. The van der Waals surface area contributed by atoms with Gasteiger partial charge < -0.3 is 23.4 Å². The summed E-state index contributed by atoms with van der Waals surface area (Å²) in [5.74, 6) is 1.33. The van der Waals surface area contributed by atoms with Gasteiger partial charge in [0.1, 0.15) is 18.0 Å². The zero-order valence-corrected chi connectivity index (χ0v) is 15.7. The lowest BCUT2D eigenvalue weighted by atomic mass is 9.89. The van der Waals surface area contributed by atoms with Crippen LogP contribution in [0.4, 0.5) is 0 Å². The van der Waals surface area contributed by atoms with Gasteiger partial charge in [0.05, 0.1) is 26.4 Å². The number of rotatable bonds is 14. The Kier molecular flexibility index (Phi) is 7.75. The van der Waals surface area contributed by atoms with Crippen LogP contribution in [0.15, 0.2) is 24.3 Å². The van der Waals surface area contributed by atoms with Crippen LogP contribution in [-0.4, -0.2) is 62.3 Å². The minimum atomic E-state index is 0.339. The van der Waals surface area contributed by atoms with E-state index in [2.05, 4.69) is 22.6 Å². The largest absolute Gasteiger partial charge is 0.540 e. The number of benzene rings is 1. The second-order valence-electron chi connectivity index (χ2n) is 6.68. The molecule has 0 aliphatic carbocycles. The first kappa shape index (κ1) is 18.9. The molecule has 6 heteroatoms. The number of epoxide rings is 2. The first-order valence-electron chi connectivity index (χ1n) is 9.18. The lowest BCUT2D eigenvalue weighted by Crippen LogP contribution is -2.08. The molecular formula is C19H27O5Si. The van der Waals surface area contributed by atoms with Crippen LogP contribution in [0.3, 0.4) is 0 Å². The Labute approximate surface area is 153 Å². The zero-order chi connectivity index (χ0) is 17.3. The van der Waals surface area contributed by atoms with Crippen LogP contribution in [0.5, 0.6) is 5.75 Å². The number of para-hydroxylation sites is 1. The van der Waals surface area contributed by atoms with Crippen molar-refractivity contribution in [2.45, 2.75) is 43.8 Å². The molecule has 2 aliphatic heterocycles. The van der Waals surface area contributed by atoms with Gasteiger partial charge in [0.15, 0.2) is 0 Å². The Morgan fingerprint density at radius 3 is 2.04 bits per heavy atom. The molecule has 2 saturated heterocycles. The van der Waals surface area contributed by atoms with Crippen LogP contribution in [0.25, 0.3) is 0 Å². The summed E-state index contributed by atoms with van der Waals surface area (Å²) in [7, 11) is 3.18. The molecule has 5 nitrogen and oxygen atoms in total. The van der Waals surface area contributed by atoms with Crippen molar-refractivity contribution in [2.75, 3.05) is 39.6 Å². The molecule has 3 radical (unpaired) electrons. The van der Waals surface area contributed by atoms with E-state index in [4.69, 9.17) is 23.4 Å². The van der Waals surface area contributed by atoms with E-state index in [1.165, 1.54) is 5.56 Å². The molecule has 0 amide bonds. The Morgan fingerprint density at radius 1 is 0.960 bits per heavy atom. The molecule has 2 unspecified atom stereocenters. The fourth-order valence-corrected chi connectivity index (χ4v) is 3.17. The van der Waals surface area contributed by atoms with Gasteiger partial charge in [0.2, 0.25) is 0 Å². The second-order valence-corrected chi connectivity index (χ2v) is 6.89. The number of ether oxygens (including phenoxy) is 4. The van der Waals surface area contributed by atoms with Gasteiger partial charge in [0, 0.05) is 13.2 Å². The molecule has 0 bridgehead atoms. The molecular weight excluding hydrogens is 336 g/mol. The summed E-state index contributed by atoms with van der Waals surface area (Å²) in [4.78, 5) is 0. The minimum absolute atomic E-state index is 0.339. The zero-order valence-electron chi connectivity index (χ0n) is 14.7. The Bertz CT molecular complexity index is 482. The van der Waals surface area contributed by atoms with Crippen LogP contribution in [0.1, 0.15) is 37.2 Å². The van der Waals surface area contributed by atoms with Crippen LogP contribution in [-0.2, 0) is 18.9 Å². The van der Waals surface area contributed by atoms with E-state index in [-0.39, 0.29) is 0 Å². The molecule has 0 N–H and O–H groups in total. The van der Waals surface area contributed by atoms with Crippen molar-refractivity contribution in [1.82, 2.24) is 0 Å². The standard InChI is InChI=1S/C19H27O5Si/c25-24-19-8-2-1-7-18(19)15(5-3-9-20-11-16-13-22-16)6-4-10-21-12-17-14-23-17/h1-2,7-8,15-17H,3-6,9-14H2. The van der Waals surface area contributed by atoms with Gasteiger partial charge in [-0.2, -0.15) is 0 Å². The smallest absolute Gasteiger partial charge is 0.341 e. The fourth-order valence-electron chi connectivity index (χ4n) is 2.99. The second kappa shape index (κ2) is 10.3. The molecule has 1 aromatic rings. The monoisotopic (exact) mass is 363 g/mol. The molecule has 137 valence electrons. The van der Waals surface area contributed by atoms with Crippen molar-refractivity contribution in [3.63, 3.8) is 0 Å². The third kappa shape index (κ3) is 7.07. The van der Waals surface area contributed by atoms with Gasteiger partial charge in [-0.05, 0) is 43.2 Å². The maximum atomic E-state index is 5.67. The van der Waals surface area contributed by atoms with Crippen molar-refractivity contribution >= 4 is 10.5 Å². The molecule has 3 rings (SSSR count). The third-order valence-corrected chi connectivity index (χ3v) is 4.78. The Hall–Kier alpha value is -0.923. The predicted molar refractivity (Wildman–Crippen MR) is 95.2 cm³/mol. The lowest BCUT2D eigenvalue weighted by Gasteiger charge is -2.20. The van der Waals surface area contributed by atoms with Crippen molar-refractivity contribution in [3.05, 3.63) is 29.8 Å². The van der Waals surface area contributed by atoms with Gasteiger partial charge in [0.25, 0.3) is 0 Å². The summed E-state index contributed by atoms with van der Waals surface area (Å²) in [5, 5.41) is 0. The van der Waals surface area contributed by atoms with Gasteiger partial charge in [-0.15, -0.1) is 0 Å². The topological polar surface area (TPSA) is 52.8 Å². The summed E-state index contributed by atoms with van der Waals surface area (Å²) < 4.78 is 27.0. The third-order valence-electron chi connectivity index (χ3n) is 4.56. The van der Waals surface area contributed by atoms with E-state index in [0.29, 0.717) is 18.1 Å². The summed E-state index contributed by atoms with van der Waals surface area (Å²) >= 11 is 0. The predicted octanol–water partition coefficient (Wildman–Crippen LogP) is 2.62. The highest BCUT2D eigenvalue weighted by Crippen LogP contribution is 2.33. The van der Waals surface area contributed by atoms with Crippen LogP contribution >= 0.6 is 0 Å². The highest BCUT2D eigenvalue weighted by Gasteiger charge is 2.23. The average Bonchev–Trinajstić information content (AvgIpc) is 3.54. The summed E-state index contributed by atoms with van der Waals surface area (Å²) in [6.45, 7) is 4.71. The van der Waals surface area contributed by atoms with E-state index in [1.54, 1.807) is 0 Å². The first-order valence-corrected chi connectivity index (χ1v) is 9.59. The van der Waals surface area contributed by atoms with Crippen LogP contribution in [0, 0.1) is 0 Å². The summed E-state index contributed by atoms with van der Waals surface area (Å²) in [6.07, 6.45) is 4.89. The van der Waals surface area contributed by atoms with E-state index in [0.717, 1.165) is 71.1 Å². The summed E-state index contributed by atoms with van der Waals surface area (Å²) in [6, 6.07) is 8.21. The number of hydrogen-bond acceptors (Lipinski definition) is 5. The maximum Gasteiger partial charge on any atom is 0.341 e. The highest BCUT2D eigenvalue weighted by atomic mass is 28.2. The Balaban J connectivity index is 1.43. The van der Waals surface area contributed by atoms with Crippen molar-refractivity contribution in [2.24, 2.45) is 0 Å². The minimum Gasteiger partial charge on any atom is -0.540 e. The van der Waals surface area contributed by atoms with Crippen molar-refractivity contribution < 1.29 is 23.4 Å². The first-order chi connectivity index (χ1) is 12.4. The van der Waals surface area contributed by atoms with E-state index in [9.17, 15) is 0 Å². The van der Waals surface area contributed by atoms with E-state index in [1.807, 2.05) is 12.1 Å². The van der Waals surface area contributed by atoms with Crippen LogP contribution < -0.4 is 4.43 Å². The molecule has 2 fully saturated rings. The SMILES string of the molecule is [Si]Oc1ccccc1C(CCCOCC1CO1)CCCOCC1CO1. The maximum absolute atomic E-state index is 5.67. The van der Waals surface area contributed by atoms with E-state index < -0.39 is 0 Å². The van der Waals surface area contributed by atoms with Crippen molar-refractivity contribution in [1.29, 1.82) is 0 Å².